The lowest BCUT2D eigenvalue weighted by Gasteiger charge is -2.33. The van der Waals surface area contributed by atoms with Crippen molar-refractivity contribution in [3.05, 3.63) is 53.5 Å². The first-order valence-electron chi connectivity index (χ1n) is 9.79. The van der Waals surface area contributed by atoms with Crippen molar-refractivity contribution in [2.45, 2.75) is 30.8 Å². The summed E-state index contributed by atoms with van der Waals surface area (Å²) in [6.45, 7) is 6.81. The number of hydrogen-bond donors (Lipinski definition) is 3. The Bertz CT molecular complexity index is 969. The number of furan rings is 1. The second-order valence-corrected chi connectivity index (χ2v) is 8.87. The first-order valence-corrected chi connectivity index (χ1v) is 11.3. The topological polar surface area (TPSA) is 127 Å². The van der Waals surface area contributed by atoms with E-state index in [1.807, 2.05) is 19.1 Å². The minimum atomic E-state index is -3.80. The quantitative estimate of drug-likeness (QED) is 0.606. The van der Waals surface area contributed by atoms with Gasteiger partial charge in [-0.2, -0.15) is 0 Å². The molecule has 2 aromatic rings. The third kappa shape index (κ3) is 5.82. The zero-order chi connectivity index (χ0) is 21.7. The van der Waals surface area contributed by atoms with E-state index in [0.717, 1.165) is 24.6 Å². The highest BCUT2D eigenvalue weighted by molar-refractivity contribution is 7.89. The van der Waals surface area contributed by atoms with E-state index in [2.05, 4.69) is 15.5 Å². The van der Waals surface area contributed by atoms with Gasteiger partial charge in [0.25, 0.3) is 0 Å². The maximum atomic E-state index is 12.5. The normalized spacial score (nSPS) is 17.3. The average molecular weight is 437 g/mol. The number of rotatable bonds is 7. The number of amides is 2. The molecule has 10 heteroatoms. The molecule has 2 unspecified atom stereocenters. The van der Waals surface area contributed by atoms with Gasteiger partial charge in [0.1, 0.15) is 11.5 Å². The highest BCUT2D eigenvalue weighted by atomic mass is 32.2. The maximum absolute atomic E-state index is 12.5. The van der Waals surface area contributed by atoms with Gasteiger partial charge in [-0.1, -0.05) is 12.1 Å². The highest BCUT2D eigenvalue weighted by Gasteiger charge is 2.26. The molecule has 1 aromatic carbocycles. The Hall–Kier alpha value is -2.40. The smallest absolute Gasteiger partial charge is 0.315 e. The molecule has 1 aliphatic rings. The van der Waals surface area contributed by atoms with Gasteiger partial charge in [-0.25, -0.2) is 18.4 Å². The van der Waals surface area contributed by atoms with Gasteiger partial charge in [-0.05, 0) is 43.7 Å². The molecule has 2 heterocycles. The zero-order valence-electron chi connectivity index (χ0n) is 17.1. The molecule has 0 spiro atoms. The fourth-order valence-electron chi connectivity index (χ4n) is 3.41. The van der Waals surface area contributed by atoms with Crippen molar-refractivity contribution in [3.63, 3.8) is 0 Å². The number of benzene rings is 1. The SMILES string of the molecule is Cc1ccc(C(CNC(=O)NC(C)c2cccc(S(N)(=O)=O)c2)N2CCOCC2)o1. The lowest BCUT2D eigenvalue weighted by molar-refractivity contribution is 0.0121. The minimum Gasteiger partial charge on any atom is -0.465 e. The van der Waals surface area contributed by atoms with Crippen LogP contribution in [0.5, 0.6) is 0 Å². The van der Waals surface area contributed by atoms with E-state index in [4.69, 9.17) is 14.3 Å². The van der Waals surface area contributed by atoms with Gasteiger partial charge in [0, 0.05) is 19.6 Å². The number of carbonyl (C=O) groups excluding carboxylic acids is 1. The molecule has 9 nitrogen and oxygen atoms in total. The molecule has 1 aromatic heterocycles. The van der Waals surface area contributed by atoms with Gasteiger partial charge in [0.2, 0.25) is 10.0 Å². The van der Waals surface area contributed by atoms with Crippen molar-refractivity contribution >= 4 is 16.1 Å². The minimum absolute atomic E-state index is 0.00892. The van der Waals surface area contributed by atoms with Gasteiger partial charge < -0.3 is 19.8 Å². The van der Waals surface area contributed by atoms with E-state index in [1.54, 1.807) is 19.1 Å². The fourth-order valence-corrected chi connectivity index (χ4v) is 3.98. The molecule has 0 saturated carbocycles. The standard InChI is InChI=1S/C20H28N4O5S/c1-14-6-7-19(29-14)18(24-8-10-28-11-9-24)13-22-20(25)23-15(2)16-4-3-5-17(12-16)30(21,26)27/h3-7,12,15,18H,8-11,13H2,1-2H3,(H2,21,26,27)(H2,22,23,25). The summed E-state index contributed by atoms with van der Waals surface area (Å²) in [4.78, 5) is 14.7. The highest BCUT2D eigenvalue weighted by Crippen LogP contribution is 2.23. The molecule has 4 N–H and O–H groups in total. The summed E-state index contributed by atoms with van der Waals surface area (Å²) in [7, 11) is -3.80. The maximum Gasteiger partial charge on any atom is 0.315 e. The molecule has 0 aliphatic carbocycles. The van der Waals surface area contributed by atoms with Crippen LogP contribution in [0, 0.1) is 6.92 Å². The summed E-state index contributed by atoms with van der Waals surface area (Å²) in [6.07, 6.45) is 0. The number of nitrogens with one attached hydrogen (secondary N) is 2. The lowest BCUT2D eigenvalue weighted by Crippen LogP contribution is -2.46. The monoisotopic (exact) mass is 436 g/mol. The van der Waals surface area contributed by atoms with Crippen molar-refractivity contribution < 1.29 is 22.4 Å². The van der Waals surface area contributed by atoms with Gasteiger partial charge >= 0.3 is 6.03 Å². The van der Waals surface area contributed by atoms with E-state index in [-0.39, 0.29) is 17.0 Å². The van der Waals surface area contributed by atoms with E-state index in [0.29, 0.717) is 25.3 Å². The second-order valence-electron chi connectivity index (χ2n) is 7.31. The van der Waals surface area contributed by atoms with Crippen molar-refractivity contribution in [1.29, 1.82) is 0 Å². The number of ether oxygens (including phenoxy) is 1. The average Bonchev–Trinajstić information content (AvgIpc) is 3.14. The molecule has 0 bridgehead atoms. The lowest BCUT2D eigenvalue weighted by atomic mass is 10.1. The summed E-state index contributed by atoms with van der Waals surface area (Å²) >= 11 is 0. The molecule has 1 saturated heterocycles. The van der Waals surface area contributed by atoms with E-state index >= 15 is 0 Å². The Labute approximate surface area is 176 Å². The van der Waals surface area contributed by atoms with Crippen LogP contribution in [0.1, 0.15) is 36.1 Å². The Morgan fingerprint density at radius 3 is 2.60 bits per heavy atom. The number of sulfonamides is 1. The van der Waals surface area contributed by atoms with Gasteiger partial charge in [0.05, 0.1) is 30.2 Å². The van der Waals surface area contributed by atoms with Crippen LogP contribution >= 0.6 is 0 Å². The number of urea groups is 1. The van der Waals surface area contributed by atoms with Crippen molar-refractivity contribution in [2.24, 2.45) is 5.14 Å². The van der Waals surface area contributed by atoms with Crippen LogP contribution < -0.4 is 15.8 Å². The number of morpholine rings is 1. The number of nitrogens with zero attached hydrogens (tertiary/aromatic N) is 1. The molecular weight excluding hydrogens is 408 g/mol. The number of primary sulfonamides is 1. The van der Waals surface area contributed by atoms with E-state index < -0.39 is 16.1 Å². The molecule has 2 amide bonds. The van der Waals surface area contributed by atoms with Gasteiger partial charge in [-0.15, -0.1) is 0 Å². The van der Waals surface area contributed by atoms with E-state index in [1.165, 1.54) is 12.1 Å². The van der Waals surface area contributed by atoms with Crippen LogP contribution in [0.2, 0.25) is 0 Å². The Kier molecular flexibility index (Phi) is 7.14. The third-order valence-electron chi connectivity index (χ3n) is 5.07. The molecule has 2 atom stereocenters. The Balaban J connectivity index is 1.62. The Morgan fingerprint density at radius 2 is 1.97 bits per heavy atom. The number of hydrogen-bond acceptors (Lipinski definition) is 6. The van der Waals surface area contributed by atoms with Crippen LogP contribution in [-0.2, 0) is 14.8 Å². The molecule has 30 heavy (non-hydrogen) atoms. The fraction of sp³-hybridized carbons (Fsp3) is 0.450. The predicted molar refractivity (Wildman–Crippen MR) is 111 cm³/mol. The third-order valence-corrected chi connectivity index (χ3v) is 5.98. The van der Waals surface area contributed by atoms with E-state index in [9.17, 15) is 13.2 Å². The summed E-state index contributed by atoms with van der Waals surface area (Å²) in [6, 6.07) is 9.19. The molecule has 3 rings (SSSR count). The number of aryl methyl sites for hydroxylation is 1. The summed E-state index contributed by atoms with van der Waals surface area (Å²) in [5.41, 5.74) is 0.642. The van der Waals surface area contributed by atoms with Crippen molar-refractivity contribution in [2.75, 3.05) is 32.8 Å². The summed E-state index contributed by atoms with van der Waals surface area (Å²) < 4.78 is 34.3. The zero-order valence-corrected chi connectivity index (χ0v) is 17.9. The molecule has 1 aliphatic heterocycles. The van der Waals surface area contributed by atoms with Gasteiger partial charge in [0.15, 0.2) is 0 Å². The van der Waals surface area contributed by atoms with Crippen LogP contribution in [0.3, 0.4) is 0 Å². The predicted octanol–water partition coefficient (Wildman–Crippen LogP) is 1.67. The number of carbonyl (C=O) groups is 1. The van der Waals surface area contributed by atoms with Gasteiger partial charge in [-0.3, -0.25) is 4.90 Å². The molecule has 0 radical (unpaired) electrons. The van der Waals surface area contributed by atoms with Crippen molar-refractivity contribution in [3.8, 4) is 0 Å². The van der Waals surface area contributed by atoms with Crippen molar-refractivity contribution in [1.82, 2.24) is 15.5 Å². The summed E-state index contributed by atoms with van der Waals surface area (Å²) in [5.74, 6) is 1.61. The van der Waals surface area contributed by atoms with Crippen LogP contribution in [-0.4, -0.2) is 52.2 Å². The first-order chi connectivity index (χ1) is 14.2. The molecule has 164 valence electrons. The molecule has 1 fully saturated rings. The van der Waals surface area contributed by atoms with Crippen LogP contribution in [0.4, 0.5) is 4.79 Å². The van der Waals surface area contributed by atoms with Crippen LogP contribution in [0.15, 0.2) is 45.7 Å². The number of nitrogens with two attached hydrogens (primary N) is 1. The van der Waals surface area contributed by atoms with Crippen LogP contribution in [0.25, 0.3) is 0 Å². The molecular formula is C20H28N4O5S. The second kappa shape index (κ2) is 9.61. The first kappa shape index (κ1) is 22.3. The Morgan fingerprint density at radius 1 is 1.23 bits per heavy atom. The largest absolute Gasteiger partial charge is 0.465 e. The summed E-state index contributed by atoms with van der Waals surface area (Å²) in [5, 5.41) is 10.9.